The number of imide groups is 4. The molecule has 19 nitrogen and oxygen atoms in total. The van der Waals surface area contributed by atoms with Crippen molar-refractivity contribution in [2.45, 2.75) is 63.3 Å². The molecule has 1 fully saturated rings. The molecule has 4 aromatic carbocycles. The minimum Gasteiger partial charge on any atom is -0.433 e. The molecule has 9 rings (SSSR count). The molecule has 1 saturated heterocycles. The van der Waals surface area contributed by atoms with Gasteiger partial charge in [-0.05, 0) is 74.2 Å². The van der Waals surface area contributed by atoms with Crippen molar-refractivity contribution >= 4 is 53.2 Å². The van der Waals surface area contributed by atoms with Gasteiger partial charge in [-0.15, -0.1) is 0 Å². The van der Waals surface area contributed by atoms with Crippen LogP contribution in [-0.2, 0) is 33.2 Å². The number of hydrogen-bond acceptors (Lipinski definition) is 15. The molecule has 1 unspecified atom stereocenters. The van der Waals surface area contributed by atoms with Gasteiger partial charge in [-0.3, -0.25) is 62.8 Å². The number of carbonyl (C=O) groups is 9. The molecule has 71 heavy (non-hydrogen) atoms. The molecule has 19 heteroatoms. The van der Waals surface area contributed by atoms with Crippen LogP contribution in [0, 0.1) is 0 Å². The zero-order chi connectivity index (χ0) is 49.8. The second-order valence-electron chi connectivity index (χ2n) is 17.4. The van der Waals surface area contributed by atoms with E-state index in [1.54, 1.807) is 97.1 Å². The number of rotatable bonds is 22. The summed E-state index contributed by atoms with van der Waals surface area (Å²) in [4.78, 5) is 122. The Kier molecular flexibility index (Phi) is 14.7. The lowest BCUT2D eigenvalue weighted by molar-refractivity contribution is -0.315. The van der Waals surface area contributed by atoms with Crippen molar-refractivity contribution in [3.63, 3.8) is 0 Å². The van der Waals surface area contributed by atoms with Crippen LogP contribution in [0.5, 0.6) is 0 Å². The van der Waals surface area contributed by atoms with E-state index in [1.165, 1.54) is 6.92 Å². The van der Waals surface area contributed by atoms with Crippen LogP contribution in [-0.4, -0.2) is 163 Å². The number of fused-ring (bicyclic) bond motifs is 4. The number of benzene rings is 4. The molecule has 5 atom stereocenters. The highest BCUT2D eigenvalue weighted by molar-refractivity contribution is 6.23. The summed E-state index contributed by atoms with van der Waals surface area (Å²) in [5.41, 5.74) is 2.42. The molecule has 0 radical (unpaired) electrons. The Morgan fingerprint density at radius 2 is 0.704 bits per heavy atom. The van der Waals surface area contributed by atoms with E-state index in [4.69, 9.17) is 28.4 Å². The lowest BCUT2D eigenvalue weighted by Crippen LogP contribution is -2.62. The Hall–Kier alpha value is -7.29. The second kappa shape index (κ2) is 21.4. The quantitative estimate of drug-likeness (QED) is 0.0612. The summed E-state index contributed by atoms with van der Waals surface area (Å²) < 4.78 is 37.8. The number of nitrogens with zero attached hydrogens (tertiary/aromatic N) is 4. The monoisotopic (exact) mass is 970 g/mol. The van der Waals surface area contributed by atoms with Crippen molar-refractivity contribution in [1.29, 1.82) is 0 Å². The molecule has 0 saturated carbocycles. The lowest BCUT2D eigenvalue weighted by Gasteiger charge is -2.45. The third kappa shape index (κ3) is 9.78. The van der Waals surface area contributed by atoms with E-state index in [9.17, 15) is 43.2 Å². The number of carbonyl (C=O) groups excluding carboxylic acids is 9. The van der Waals surface area contributed by atoms with Crippen molar-refractivity contribution in [3.8, 4) is 0 Å². The summed E-state index contributed by atoms with van der Waals surface area (Å²) in [6.45, 7) is 0.955. The van der Waals surface area contributed by atoms with E-state index in [-0.39, 0.29) is 84.9 Å². The molecule has 8 amide bonds. The van der Waals surface area contributed by atoms with Gasteiger partial charge in [0.25, 0.3) is 47.3 Å². The Morgan fingerprint density at radius 1 is 0.423 bits per heavy atom. The number of hydrogen-bond donors (Lipinski definition) is 0. The molecule has 368 valence electrons. The molecule has 5 aliphatic rings. The van der Waals surface area contributed by atoms with Gasteiger partial charge < -0.3 is 28.4 Å². The van der Waals surface area contributed by atoms with Gasteiger partial charge in [0.1, 0.15) is 24.4 Å². The maximum atomic E-state index is 13.2. The fourth-order valence-electron chi connectivity index (χ4n) is 9.46. The van der Waals surface area contributed by atoms with Crippen molar-refractivity contribution in [2.75, 3.05) is 59.2 Å². The van der Waals surface area contributed by atoms with Crippen LogP contribution in [0.1, 0.15) is 115 Å². The van der Waals surface area contributed by atoms with E-state index < -0.39 is 83.9 Å². The molecule has 5 heterocycles. The van der Waals surface area contributed by atoms with Crippen LogP contribution in [0.3, 0.4) is 0 Å². The first-order chi connectivity index (χ1) is 34.4. The molecule has 0 spiro atoms. The van der Waals surface area contributed by atoms with Crippen LogP contribution >= 0.6 is 0 Å². The standard InChI is InChI=1S/C52H50N4O15/c1-31(57)70-52-43(69-29-13-25-56-50(64)38-20-8-9-21-39(38)51(56)65)42(68-28-12-24-55-48(62)36-18-6-7-19-37(36)49(55)63)41(67-27-11-23-54-46(60)34-16-4-5-17-35(34)47(54)61)40(71-52)30-66-26-10-22-53-44(58)32-14-2-3-15-33(32)45(53)59/h2-9,14-21,40-43,52H,10-13,22-30H2,1H3/t40-,41-,42+,43-,52?/m1/s1. The molecule has 0 bridgehead atoms. The van der Waals surface area contributed by atoms with Crippen LogP contribution in [0.15, 0.2) is 97.1 Å². The zero-order valence-electron chi connectivity index (χ0n) is 38.7. The average Bonchev–Trinajstić information content (AvgIpc) is 3.97. The van der Waals surface area contributed by atoms with E-state index in [2.05, 4.69) is 0 Å². The maximum Gasteiger partial charge on any atom is 0.305 e. The van der Waals surface area contributed by atoms with E-state index in [0.717, 1.165) is 19.6 Å². The summed E-state index contributed by atoms with van der Waals surface area (Å²) in [7, 11) is 0. The third-order valence-corrected chi connectivity index (χ3v) is 12.8. The average molecular weight is 971 g/mol. The van der Waals surface area contributed by atoms with Gasteiger partial charge in [0.05, 0.1) is 51.1 Å². The number of ether oxygens (including phenoxy) is 6. The lowest BCUT2D eigenvalue weighted by atomic mass is 9.98. The van der Waals surface area contributed by atoms with Gasteiger partial charge in [0.15, 0.2) is 0 Å². The van der Waals surface area contributed by atoms with E-state index >= 15 is 0 Å². The summed E-state index contributed by atoms with van der Waals surface area (Å²) in [6.07, 6.45) is -5.05. The first kappa shape index (κ1) is 48.7. The van der Waals surface area contributed by atoms with Gasteiger partial charge >= 0.3 is 5.97 Å². The number of esters is 1. The Morgan fingerprint density at radius 3 is 1.01 bits per heavy atom. The van der Waals surface area contributed by atoms with Gasteiger partial charge in [0.2, 0.25) is 6.29 Å². The van der Waals surface area contributed by atoms with Gasteiger partial charge in [0, 0.05) is 59.5 Å². The smallest absolute Gasteiger partial charge is 0.305 e. The fraction of sp³-hybridized carbons (Fsp3) is 0.365. The summed E-state index contributed by atoms with van der Waals surface area (Å²) >= 11 is 0. The Bertz CT molecular complexity index is 2660. The first-order valence-corrected chi connectivity index (χ1v) is 23.5. The maximum absolute atomic E-state index is 13.2. The molecular weight excluding hydrogens is 921 g/mol. The number of amides is 8. The topological polar surface area (TPSA) is 222 Å². The van der Waals surface area contributed by atoms with Crippen molar-refractivity contribution in [1.82, 2.24) is 19.6 Å². The highest BCUT2D eigenvalue weighted by atomic mass is 16.7. The van der Waals surface area contributed by atoms with Crippen LogP contribution in [0.4, 0.5) is 0 Å². The highest BCUT2D eigenvalue weighted by Gasteiger charge is 2.50. The summed E-state index contributed by atoms with van der Waals surface area (Å²) in [6, 6.07) is 26.1. The second-order valence-corrected chi connectivity index (χ2v) is 17.4. The molecule has 0 aliphatic carbocycles. The molecule has 4 aromatic rings. The highest BCUT2D eigenvalue weighted by Crippen LogP contribution is 2.32. The molecule has 0 aromatic heterocycles. The SMILES string of the molecule is CC(=O)OC1O[C@H](COCCCN2C(=O)c3ccccc3C2=O)[C@@H](OCCCN2C(=O)c3ccccc3C2=O)[C@H](OCCCN2C(=O)c3ccccc3C2=O)[C@H]1OCCCN1C(=O)c2ccccc2C1=O. The minimum absolute atomic E-state index is 0.000193. The summed E-state index contributed by atoms with van der Waals surface area (Å²) in [5.74, 6) is -4.16. The van der Waals surface area contributed by atoms with Gasteiger partial charge in [-0.2, -0.15) is 0 Å². The van der Waals surface area contributed by atoms with Crippen molar-refractivity contribution in [3.05, 3.63) is 142 Å². The van der Waals surface area contributed by atoms with Crippen molar-refractivity contribution < 1.29 is 71.6 Å². The minimum atomic E-state index is -1.42. The first-order valence-electron chi connectivity index (χ1n) is 23.5. The predicted octanol–water partition coefficient (Wildman–Crippen LogP) is 4.19. The molecule has 0 N–H and O–H groups in total. The van der Waals surface area contributed by atoms with Crippen molar-refractivity contribution in [2.24, 2.45) is 0 Å². The van der Waals surface area contributed by atoms with Crippen LogP contribution in [0.2, 0.25) is 0 Å². The van der Waals surface area contributed by atoms with Crippen LogP contribution in [0.25, 0.3) is 0 Å². The van der Waals surface area contributed by atoms with Gasteiger partial charge in [-0.1, -0.05) is 48.5 Å². The Labute approximate surface area is 407 Å². The van der Waals surface area contributed by atoms with Crippen LogP contribution < -0.4 is 0 Å². The van der Waals surface area contributed by atoms with E-state index in [0.29, 0.717) is 44.5 Å². The largest absolute Gasteiger partial charge is 0.433 e. The third-order valence-electron chi connectivity index (χ3n) is 12.8. The Balaban J connectivity index is 0.918. The van der Waals surface area contributed by atoms with Gasteiger partial charge in [-0.25, -0.2) is 0 Å². The molecular formula is C52H50N4O15. The predicted molar refractivity (Wildman–Crippen MR) is 246 cm³/mol. The zero-order valence-corrected chi connectivity index (χ0v) is 38.7. The molecule has 5 aliphatic heterocycles. The van der Waals surface area contributed by atoms with E-state index in [1.807, 2.05) is 0 Å². The normalized spacial score (nSPS) is 21.4. The summed E-state index contributed by atoms with van der Waals surface area (Å²) in [5, 5.41) is 0. The fourth-order valence-corrected chi connectivity index (χ4v) is 9.46.